The van der Waals surface area contributed by atoms with Gasteiger partial charge in [-0.25, -0.2) is 4.79 Å². The van der Waals surface area contributed by atoms with Crippen LogP contribution in [0.5, 0.6) is 11.5 Å². The normalized spacial score (nSPS) is 23.7. The van der Waals surface area contributed by atoms with Crippen LogP contribution in [0.3, 0.4) is 0 Å². The number of methoxy groups -OCH3 is 2. The molecule has 5 heteroatoms. The lowest BCUT2D eigenvalue weighted by Crippen LogP contribution is -2.40. The number of hydrogen-bond donors (Lipinski definition) is 1. The van der Waals surface area contributed by atoms with Crippen LogP contribution in [-0.2, 0) is 9.53 Å². The van der Waals surface area contributed by atoms with E-state index < -0.39 is 0 Å². The Morgan fingerprint density at radius 3 is 2.62 bits per heavy atom. The summed E-state index contributed by atoms with van der Waals surface area (Å²) in [6.45, 7) is 2.18. The van der Waals surface area contributed by atoms with Crippen LogP contribution in [0, 0.1) is 0 Å². The highest BCUT2D eigenvalue weighted by atomic mass is 16.5. The number of benzene rings is 1. The first-order valence-corrected chi connectivity index (χ1v) is 8.59. The largest absolute Gasteiger partial charge is 0.493 e. The maximum atomic E-state index is 12.0. The molecule has 2 unspecified atom stereocenters. The standard InChI is InChI=1S/C19H25NO4/c1-4-24-19(21)11-16-14-10-18(23-3)17(22-2)9-13(14)12-7-5-6-8-15(12)20-16/h9-12,15,20H,4-8H2,1-3H3. The molecule has 1 aromatic carbocycles. The van der Waals surface area contributed by atoms with Crippen LogP contribution < -0.4 is 14.8 Å². The van der Waals surface area contributed by atoms with Gasteiger partial charge in [-0.2, -0.15) is 0 Å². The van der Waals surface area contributed by atoms with Gasteiger partial charge in [0.25, 0.3) is 0 Å². The number of fused-ring (bicyclic) bond motifs is 3. The number of ether oxygens (including phenoxy) is 3. The Labute approximate surface area is 143 Å². The van der Waals surface area contributed by atoms with Crippen molar-refractivity contribution >= 4 is 11.7 Å². The molecule has 1 N–H and O–H groups in total. The molecule has 1 saturated carbocycles. The van der Waals surface area contributed by atoms with Crippen LogP contribution in [-0.4, -0.2) is 32.8 Å². The van der Waals surface area contributed by atoms with Crippen molar-refractivity contribution in [1.82, 2.24) is 5.32 Å². The van der Waals surface area contributed by atoms with Crippen molar-refractivity contribution in [2.24, 2.45) is 0 Å². The lowest BCUT2D eigenvalue weighted by Gasteiger charge is -2.40. The Bertz CT molecular complexity index is 653. The molecule has 0 bridgehead atoms. The van der Waals surface area contributed by atoms with Crippen LogP contribution in [0.25, 0.3) is 5.70 Å². The average molecular weight is 331 g/mol. The van der Waals surface area contributed by atoms with E-state index in [0.29, 0.717) is 24.3 Å². The second-order valence-corrected chi connectivity index (χ2v) is 6.25. The molecule has 3 rings (SSSR count). The van der Waals surface area contributed by atoms with E-state index in [1.165, 1.54) is 18.4 Å². The molecule has 1 heterocycles. The summed E-state index contributed by atoms with van der Waals surface area (Å²) in [7, 11) is 3.28. The van der Waals surface area contributed by atoms with Gasteiger partial charge in [-0.1, -0.05) is 12.8 Å². The van der Waals surface area contributed by atoms with E-state index in [4.69, 9.17) is 14.2 Å². The van der Waals surface area contributed by atoms with E-state index in [1.807, 2.05) is 13.0 Å². The summed E-state index contributed by atoms with van der Waals surface area (Å²) in [5, 5.41) is 3.55. The van der Waals surface area contributed by atoms with Crippen molar-refractivity contribution in [3.8, 4) is 11.5 Å². The fourth-order valence-corrected chi connectivity index (χ4v) is 3.81. The topological polar surface area (TPSA) is 56.8 Å². The van der Waals surface area contributed by atoms with Crippen molar-refractivity contribution in [2.45, 2.75) is 44.6 Å². The van der Waals surface area contributed by atoms with E-state index >= 15 is 0 Å². The van der Waals surface area contributed by atoms with Crippen molar-refractivity contribution in [3.05, 3.63) is 29.3 Å². The van der Waals surface area contributed by atoms with E-state index in [-0.39, 0.29) is 5.97 Å². The molecule has 0 spiro atoms. The molecule has 1 aromatic rings. The minimum atomic E-state index is -0.324. The molecule has 0 saturated heterocycles. The molecule has 1 fully saturated rings. The molecule has 2 atom stereocenters. The Balaban J connectivity index is 2.09. The van der Waals surface area contributed by atoms with Crippen molar-refractivity contribution in [1.29, 1.82) is 0 Å². The highest BCUT2D eigenvalue weighted by Gasteiger charge is 2.34. The molecule has 5 nitrogen and oxygen atoms in total. The smallest absolute Gasteiger partial charge is 0.332 e. The second kappa shape index (κ2) is 7.16. The van der Waals surface area contributed by atoms with Crippen LogP contribution >= 0.6 is 0 Å². The predicted molar refractivity (Wildman–Crippen MR) is 92.3 cm³/mol. The number of rotatable bonds is 4. The van der Waals surface area contributed by atoms with Gasteiger partial charge in [-0.3, -0.25) is 0 Å². The van der Waals surface area contributed by atoms with Gasteiger partial charge in [-0.05, 0) is 37.5 Å². The lowest BCUT2D eigenvalue weighted by atomic mass is 9.75. The molecule has 0 amide bonds. The number of hydrogen-bond acceptors (Lipinski definition) is 5. The summed E-state index contributed by atoms with van der Waals surface area (Å²) in [4.78, 5) is 12.0. The Morgan fingerprint density at radius 1 is 1.21 bits per heavy atom. The van der Waals surface area contributed by atoms with Crippen LogP contribution in [0.4, 0.5) is 0 Å². The van der Waals surface area contributed by atoms with Crippen molar-refractivity contribution in [2.75, 3.05) is 20.8 Å². The van der Waals surface area contributed by atoms with Gasteiger partial charge in [-0.15, -0.1) is 0 Å². The van der Waals surface area contributed by atoms with Gasteiger partial charge in [0, 0.05) is 29.3 Å². The maximum Gasteiger partial charge on any atom is 0.332 e. The highest BCUT2D eigenvalue weighted by molar-refractivity contribution is 5.92. The lowest BCUT2D eigenvalue weighted by molar-refractivity contribution is -0.137. The molecule has 2 aliphatic rings. The first kappa shape index (κ1) is 16.7. The summed E-state index contributed by atoms with van der Waals surface area (Å²) in [5.74, 6) is 1.52. The van der Waals surface area contributed by atoms with Gasteiger partial charge in [0.1, 0.15) is 0 Å². The zero-order valence-electron chi connectivity index (χ0n) is 14.6. The Hall–Kier alpha value is -2.17. The monoisotopic (exact) mass is 331 g/mol. The summed E-state index contributed by atoms with van der Waals surface area (Å²) < 4.78 is 16.0. The molecule has 130 valence electrons. The van der Waals surface area contributed by atoms with Crippen LogP contribution in [0.2, 0.25) is 0 Å². The average Bonchev–Trinajstić information content (AvgIpc) is 2.60. The van der Waals surface area contributed by atoms with Gasteiger partial charge in [0.15, 0.2) is 11.5 Å². The number of esters is 1. The van der Waals surface area contributed by atoms with Crippen molar-refractivity contribution < 1.29 is 19.0 Å². The number of nitrogens with one attached hydrogen (secondary N) is 1. The van der Waals surface area contributed by atoms with Crippen molar-refractivity contribution in [3.63, 3.8) is 0 Å². The van der Waals surface area contributed by atoms with Gasteiger partial charge >= 0.3 is 5.97 Å². The maximum absolute atomic E-state index is 12.0. The molecular formula is C19H25NO4. The van der Waals surface area contributed by atoms with E-state index in [2.05, 4.69) is 11.4 Å². The van der Waals surface area contributed by atoms with Crippen LogP contribution in [0.1, 0.15) is 49.7 Å². The summed E-state index contributed by atoms with van der Waals surface area (Å²) in [6, 6.07) is 4.37. The molecule has 0 radical (unpaired) electrons. The molecule has 1 aliphatic carbocycles. The third kappa shape index (κ3) is 3.07. The van der Waals surface area contributed by atoms with E-state index in [1.54, 1.807) is 20.3 Å². The minimum absolute atomic E-state index is 0.324. The highest BCUT2D eigenvalue weighted by Crippen LogP contribution is 2.45. The van der Waals surface area contributed by atoms with Crippen LogP contribution in [0.15, 0.2) is 18.2 Å². The first-order chi connectivity index (χ1) is 11.7. The predicted octanol–water partition coefficient (Wildman–Crippen LogP) is 3.24. The zero-order valence-corrected chi connectivity index (χ0v) is 14.6. The molecular weight excluding hydrogens is 306 g/mol. The minimum Gasteiger partial charge on any atom is -0.493 e. The second-order valence-electron chi connectivity index (χ2n) is 6.25. The van der Waals surface area contributed by atoms with E-state index in [0.717, 1.165) is 29.9 Å². The molecule has 0 aromatic heterocycles. The summed E-state index contributed by atoms with van der Waals surface area (Å²) in [5.41, 5.74) is 3.04. The van der Waals surface area contributed by atoms with Gasteiger partial charge in [0.05, 0.1) is 20.8 Å². The third-order valence-corrected chi connectivity index (χ3v) is 4.90. The number of carbonyl (C=O) groups is 1. The quantitative estimate of drug-likeness (QED) is 0.678. The van der Waals surface area contributed by atoms with Gasteiger partial charge in [0.2, 0.25) is 0 Å². The molecule has 24 heavy (non-hydrogen) atoms. The van der Waals surface area contributed by atoms with E-state index in [9.17, 15) is 4.79 Å². The van der Waals surface area contributed by atoms with Gasteiger partial charge < -0.3 is 19.5 Å². The summed E-state index contributed by atoms with van der Waals surface area (Å²) >= 11 is 0. The summed E-state index contributed by atoms with van der Waals surface area (Å²) in [6.07, 6.45) is 6.25. The Kier molecular flexibility index (Phi) is 4.97. The SMILES string of the molecule is CCOC(=O)C=C1NC2CCCCC2c2cc(OC)c(OC)cc21. The fourth-order valence-electron chi connectivity index (χ4n) is 3.81. The number of carbonyl (C=O) groups excluding carboxylic acids is 1. The molecule has 1 aliphatic heterocycles. The third-order valence-electron chi connectivity index (χ3n) is 4.90. The zero-order chi connectivity index (χ0) is 17.1. The first-order valence-electron chi connectivity index (χ1n) is 8.59. The fraction of sp³-hybridized carbons (Fsp3) is 0.526. The Morgan fingerprint density at radius 2 is 1.92 bits per heavy atom.